The van der Waals surface area contributed by atoms with Crippen molar-refractivity contribution in [3.63, 3.8) is 0 Å². The van der Waals surface area contributed by atoms with Gasteiger partial charge in [0.05, 0.1) is 6.67 Å². The lowest BCUT2D eigenvalue weighted by Gasteiger charge is -2.38. The molecule has 0 unspecified atom stereocenters. The molecule has 29 heavy (non-hydrogen) atoms. The van der Waals surface area contributed by atoms with Crippen LogP contribution in [0, 0.1) is 17.8 Å². The van der Waals surface area contributed by atoms with Crippen LogP contribution in [0.4, 0.5) is 13.2 Å². The third-order valence-corrected chi connectivity index (χ3v) is 7.38. The van der Waals surface area contributed by atoms with Crippen molar-refractivity contribution in [2.75, 3.05) is 6.67 Å². The van der Waals surface area contributed by atoms with Crippen LogP contribution in [-0.2, 0) is 0 Å². The van der Waals surface area contributed by atoms with Crippen LogP contribution in [0.5, 0.6) is 0 Å². The quantitative estimate of drug-likeness (QED) is 0.284. The Kier molecular flexibility index (Phi) is 9.14. The van der Waals surface area contributed by atoms with Gasteiger partial charge in [-0.2, -0.15) is 0 Å². The first-order valence-electron chi connectivity index (χ1n) is 11.8. The summed E-state index contributed by atoms with van der Waals surface area (Å²) in [6.45, 7) is -0.190. The van der Waals surface area contributed by atoms with Crippen LogP contribution in [-0.4, -0.2) is 6.67 Å². The molecule has 0 radical (unpaired) electrons. The van der Waals surface area contributed by atoms with Gasteiger partial charge in [0.2, 0.25) is 0 Å². The van der Waals surface area contributed by atoms with E-state index in [9.17, 15) is 13.2 Å². The maximum absolute atomic E-state index is 12.7. The zero-order chi connectivity index (χ0) is 20.5. The second kappa shape index (κ2) is 11.8. The first kappa shape index (κ1) is 22.4. The van der Waals surface area contributed by atoms with Crippen LogP contribution in [0.1, 0.15) is 101 Å². The number of rotatable bonds is 9. The Bertz CT molecular complexity index is 591. The summed E-state index contributed by atoms with van der Waals surface area (Å²) in [6, 6.07) is 7.04. The fourth-order valence-corrected chi connectivity index (χ4v) is 5.50. The van der Waals surface area contributed by atoms with E-state index in [2.05, 4.69) is 12.2 Å². The number of benzene rings is 1. The minimum atomic E-state index is -2.37. The van der Waals surface area contributed by atoms with Crippen LogP contribution in [0.3, 0.4) is 0 Å². The number of hydrogen-bond acceptors (Lipinski definition) is 0. The molecule has 0 saturated heterocycles. The van der Waals surface area contributed by atoms with Gasteiger partial charge in [-0.25, -0.2) is 8.78 Å². The zero-order valence-corrected chi connectivity index (χ0v) is 17.7. The van der Waals surface area contributed by atoms with Crippen molar-refractivity contribution in [3.8, 4) is 0 Å². The molecule has 1 aromatic rings. The molecular formula is C26H37F3. The molecule has 0 N–H and O–H groups in total. The van der Waals surface area contributed by atoms with Gasteiger partial charge < -0.3 is 0 Å². The Hall–Kier alpha value is -1.25. The van der Waals surface area contributed by atoms with Crippen molar-refractivity contribution in [1.29, 1.82) is 0 Å². The highest BCUT2D eigenvalue weighted by Crippen LogP contribution is 2.44. The molecule has 0 atom stereocenters. The fraction of sp³-hybridized carbons (Fsp3) is 0.692. The van der Waals surface area contributed by atoms with Gasteiger partial charge in [-0.3, -0.25) is 4.39 Å². The molecular weight excluding hydrogens is 369 g/mol. The Morgan fingerprint density at radius 2 is 1.41 bits per heavy atom. The standard InChI is InChI=1S/C26H37F3/c27-19-5-3-1-2-4-6-20-7-9-21(10-8-20)22-11-13-23(14-12-22)24-15-17-25(18-16-24)26(28)29/h2,4,15-18,20-23,26H,1,3,5-14,19H2. The predicted octanol–water partition coefficient (Wildman–Crippen LogP) is 8.79. The normalized spacial score (nSPS) is 28.3. The monoisotopic (exact) mass is 406 g/mol. The average molecular weight is 407 g/mol. The topological polar surface area (TPSA) is 0 Å². The van der Waals surface area contributed by atoms with E-state index in [0.717, 1.165) is 30.6 Å². The lowest BCUT2D eigenvalue weighted by molar-refractivity contribution is 0.151. The summed E-state index contributed by atoms with van der Waals surface area (Å²) in [5, 5.41) is 0. The molecule has 2 aliphatic carbocycles. The van der Waals surface area contributed by atoms with Gasteiger partial charge in [0.15, 0.2) is 0 Å². The van der Waals surface area contributed by atoms with Crippen LogP contribution in [0.25, 0.3) is 0 Å². The van der Waals surface area contributed by atoms with Crippen molar-refractivity contribution in [2.45, 2.75) is 89.4 Å². The third kappa shape index (κ3) is 6.89. The van der Waals surface area contributed by atoms with Crippen LogP contribution < -0.4 is 0 Å². The Morgan fingerprint density at radius 1 is 0.793 bits per heavy atom. The molecule has 0 aromatic heterocycles. The second-order valence-corrected chi connectivity index (χ2v) is 9.25. The molecule has 0 spiro atoms. The van der Waals surface area contributed by atoms with Crippen LogP contribution >= 0.6 is 0 Å². The molecule has 0 heterocycles. The van der Waals surface area contributed by atoms with Gasteiger partial charge in [0.1, 0.15) is 0 Å². The number of hydrogen-bond donors (Lipinski definition) is 0. The SMILES string of the molecule is FCCCCC=CCC1CCC(C2CCC(c3ccc(C(F)F)cc3)CC2)CC1. The van der Waals surface area contributed by atoms with Crippen molar-refractivity contribution >= 4 is 0 Å². The summed E-state index contributed by atoms with van der Waals surface area (Å²) < 4.78 is 37.6. The Balaban J connectivity index is 1.35. The van der Waals surface area contributed by atoms with E-state index in [1.54, 1.807) is 12.1 Å². The van der Waals surface area contributed by atoms with E-state index in [-0.39, 0.29) is 12.2 Å². The predicted molar refractivity (Wildman–Crippen MR) is 115 cm³/mol. The summed E-state index contributed by atoms with van der Waals surface area (Å²) in [4.78, 5) is 0. The minimum Gasteiger partial charge on any atom is -0.251 e. The second-order valence-electron chi connectivity index (χ2n) is 9.25. The first-order valence-corrected chi connectivity index (χ1v) is 11.8. The van der Waals surface area contributed by atoms with Crippen molar-refractivity contribution in [3.05, 3.63) is 47.5 Å². The van der Waals surface area contributed by atoms with E-state index in [4.69, 9.17) is 0 Å². The number of alkyl halides is 3. The molecule has 1 aromatic carbocycles. The molecule has 0 aliphatic heterocycles. The zero-order valence-electron chi connectivity index (χ0n) is 17.7. The largest absolute Gasteiger partial charge is 0.263 e. The van der Waals surface area contributed by atoms with Crippen LogP contribution in [0.15, 0.2) is 36.4 Å². The highest BCUT2D eigenvalue weighted by Gasteiger charge is 2.31. The van der Waals surface area contributed by atoms with Gasteiger partial charge in [0, 0.05) is 5.56 Å². The van der Waals surface area contributed by atoms with Gasteiger partial charge in [0.25, 0.3) is 6.43 Å². The smallest absolute Gasteiger partial charge is 0.251 e. The summed E-state index contributed by atoms with van der Waals surface area (Å²) in [5.74, 6) is 3.15. The first-order chi connectivity index (χ1) is 14.2. The summed E-state index contributed by atoms with van der Waals surface area (Å²) in [5.41, 5.74) is 1.38. The molecule has 162 valence electrons. The molecule has 0 amide bonds. The lowest BCUT2D eigenvalue weighted by Crippen LogP contribution is -2.25. The fourth-order valence-electron chi connectivity index (χ4n) is 5.50. The van der Waals surface area contributed by atoms with Gasteiger partial charge >= 0.3 is 0 Å². The maximum atomic E-state index is 12.7. The molecule has 2 fully saturated rings. The van der Waals surface area contributed by atoms with E-state index in [1.807, 2.05) is 12.1 Å². The highest BCUT2D eigenvalue weighted by atomic mass is 19.3. The molecule has 2 aliphatic rings. The van der Waals surface area contributed by atoms with Crippen LogP contribution in [0.2, 0.25) is 0 Å². The third-order valence-electron chi connectivity index (χ3n) is 7.38. The van der Waals surface area contributed by atoms with Gasteiger partial charge in [-0.15, -0.1) is 0 Å². The molecule has 0 nitrogen and oxygen atoms in total. The van der Waals surface area contributed by atoms with Crippen molar-refractivity contribution in [1.82, 2.24) is 0 Å². The molecule has 2 saturated carbocycles. The summed E-state index contributed by atoms with van der Waals surface area (Å²) in [7, 11) is 0. The average Bonchev–Trinajstić information content (AvgIpc) is 2.77. The maximum Gasteiger partial charge on any atom is 0.263 e. The lowest BCUT2D eigenvalue weighted by atomic mass is 9.68. The van der Waals surface area contributed by atoms with E-state index >= 15 is 0 Å². The van der Waals surface area contributed by atoms with E-state index < -0.39 is 6.43 Å². The Labute approximate surface area is 175 Å². The molecule has 0 bridgehead atoms. The number of allylic oxidation sites excluding steroid dienone is 2. The van der Waals surface area contributed by atoms with Crippen molar-refractivity contribution < 1.29 is 13.2 Å². The highest BCUT2D eigenvalue weighted by molar-refractivity contribution is 5.26. The minimum absolute atomic E-state index is 0.133. The van der Waals surface area contributed by atoms with E-state index in [1.165, 1.54) is 63.4 Å². The van der Waals surface area contributed by atoms with Gasteiger partial charge in [-0.1, -0.05) is 36.4 Å². The number of halogens is 3. The summed E-state index contributed by atoms with van der Waals surface area (Å²) in [6.07, 6.45) is 16.6. The number of unbranched alkanes of at least 4 members (excludes halogenated alkanes) is 2. The summed E-state index contributed by atoms with van der Waals surface area (Å²) >= 11 is 0. The van der Waals surface area contributed by atoms with E-state index in [0.29, 0.717) is 12.3 Å². The van der Waals surface area contributed by atoms with Gasteiger partial charge in [-0.05, 0) is 106 Å². The molecule has 3 heteroatoms. The Morgan fingerprint density at radius 3 is 2.00 bits per heavy atom. The molecule has 3 rings (SSSR count). The van der Waals surface area contributed by atoms with Crippen molar-refractivity contribution in [2.24, 2.45) is 17.8 Å².